The molecule has 1 aliphatic carbocycles. The molecule has 0 aromatic rings. The van der Waals surface area contributed by atoms with E-state index in [0.717, 1.165) is 13.1 Å². The highest BCUT2D eigenvalue weighted by Gasteiger charge is 2.42. The first-order valence-corrected chi connectivity index (χ1v) is 8.45. The maximum absolute atomic E-state index is 3.95. The van der Waals surface area contributed by atoms with Gasteiger partial charge in [-0.25, -0.2) is 0 Å². The summed E-state index contributed by atoms with van der Waals surface area (Å²) in [6, 6.07) is 0.644. The number of piperazine rings is 1. The smallest absolute Gasteiger partial charge is 0.0309 e. The molecule has 1 saturated carbocycles. The molecule has 2 heteroatoms. The van der Waals surface area contributed by atoms with Crippen molar-refractivity contribution in [2.75, 3.05) is 19.6 Å². The van der Waals surface area contributed by atoms with E-state index < -0.39 is 0 Å². The molecule has 2 aliphatic rings. The standard InChI is InChI=1S/C18H34N2/c1-15(2)9-12-20-14-18(10-7-6-8-11-18)19-13-16(20)17(3,4)5/h9,16,19H,6-8,10-14H2,1-5H3. The molecule has 1 unspecified atom stereocenters. The number of allylic oxidation sites excluding steroid dienone is 1. The van der Waals surface area contributed by atoms with E-state index in [4.69, 9.17) is 0 Å². The Balaban J connectivity index is 2.11. The molecule has 2 fully saturated rings. The van der Waals surface area contributed by atoms with E-state index in [-0.39, 0.29) is 0 Å². The van der Waals surface area contributed by atoms with Crippen LogP contribution in [0.4, 0.5) is 0 Å². The van der Waals surface area contributed by atoms with Gasteiger partial charge in [-0.2, -0.15) is 0 Å². The number of nitrogens with zero attached hydrogens (tertiary/aromatic N) is 1. The minimum absolute atomic E-state index is 0.346. The molecular formula is C18H34N2. The van der Waals surface area contributed by atoms with Gasteiger partial charge in [-0.05, 0) is 32.1 Å². The van der Waals surface area contributed by atoms with Gasteiger partial charge in [0.15, 0.2) is 0 Å². The Morgan fingerprint density at radius 2 is 1.85 bits per heavy atom. The average Bonchev–Trinajstić information content (AvgIpc) is 2.36. The Hall–Kier alpha value is -0.340. The molecule has 1 atom stereocenters. The highest BCUT2D eigenvalue weighted by atomic mass is 15.3. The predicted octanol–water partition coefficient (Wildman–Crippen LogP) is 3.98. The summed E-state index contributed by atoms with van der Waals surface area (Å²) in [6.07, 6.45) is 9.39. The molecule has 1 aliphatic heterocycles. The van der Waals surface area contributed by atoms with Crippen molar-refractivity contribution in [1.29, 1.82) is 0 Å². The molecule has 1 N–H and O–H groups in total. The summed E-state index contributed by atoms with van der Waals surface area (Å²) in [7, 11) is 0. The van der Waals surface area contributed by atoms with Gasteiger partial charge in [0.05, 0.1) is 0 Å². The van der Waals surface area contributed by atoms with Crippen LogP contribution in [0, 0.1) is 5.41 Å². The molecule has 116 valence electrons. The molecule has 0 amide bonds. The third-order valence-corrected chi connectivity index (χ3v) is 5.16. The first-order chi connectivity index (χ1) is 9.32. The monoisotopic (exact) mass is 278 g/mol. The minimum atomic E-state index is 0.346. The van der Waals surface area contributed by atoms with E-state index in [0.29, 0.717) is 17.0 Å². The second-order valence-electron chi connectivity index (χ2n) is 8.31. The van der Waals surface area contributed by atoms with E-state index in [1.165, 1.54) is 44.2 Å². The van der Waals surface area contributed by atoms with Crippen LogP contribution >= 0.6 is 0 Å². The maximum atomic E-state index is 3.95. The quantitative estimate of drug-likeness (QED) is 0.769. The summed E-state index contributed by atoms with van der Waals surface area (Å²) < 4.78 is 0. The summed E-state index contributed by atoms with van der Waals surface area (Å²) in [6.45, 7) is 15.1. The highest BCUT2D eigenvalue weighted by Crippen LogP contribution is 2.35. The average molecular weight is 278 g/mol. The van der Waals surface area contributed by atoms with Crippen LogP contribution in [0.1, 0.15) is 66.7 Å². The molecule has 0 aromatic heterocycles. The summed E-state index contributed by atoms with van der Waals surface area (Å²) in [5.41, 5.74) is 2.20. The van der Waals surface area contributed by atoms with Crippen LogP contribution < -0.4 is 5.32 Å². The molecule has 20 heavy (non-hydrogen) atoms. The van der Waals surface area contributed by atoms with Crippen LogP contribution in [0.5, 0.6) is 0 Å². The van der Waals surface area contributed by atoms with E-state index >= 15 is 0 Å². The van der Waals surface area contributed by atoms with Crippen LogP contribution in [0.15, 0.2) is 11.6 Å². The summed E-state index contributed by atoms with van der Waals surface area (Å²) in [5, 5.41) is 3.95. The van der Waals surface area contributed by atoms with Crippen molar-refractivity contribution in [3.63, 3.8) is 0 Å². The zero-order valence-corrected chi connectivity index (χ0v) is 14.3. The number of nitrogens with one attached hydrogen (secondary N) is 1. The third kappa shape index (κ3) is 3.85. The summed E-state index contributed by atoms with van der Waals surface area (Å²) >= 11 is 0. The molecular weight excluding hydrogens is 244 g/mol. The van der Waals surface area contributed by atoms with Crippen LogP contribution in [0.3, 0.4) is 0 Å². The van der Waals surface area contributed by atoms with Crippen LogP contribution in [-0.4, -0.2) is 36.1 Å². The number of hydrogen-bond donors (Lipinski definition) is 1. The van der Waals surface area contributed by atoms with Gasteiger partial charge in [-0.1, -0.05) is 51.7 Å². The third-order valence-electron chi connectivity index (χ3n) is 5.16. The van der Waals surface area contributed by atoms with Crippen molar-refractivity contribution in [2.24, 2.45) is 5.41 Å². The fraction of sp³-hybridized carbons (Fsp3) is 0.889. The lowest BCUT2D eigenvalue weighted by Crippen LogP contribution is -2.67. The lowest BCUT2D eigenvalue weighted by molar-refractivity contribution is 0.0162. The molecule has 1 spiro atoms. The van der Waals surface area contributed by atoms with Gasteiger partial charge in [-0.15, -0.1) is 0 Å². The summed E-state index contributed by atoms with van der Waals surface area (Å²) in [4.78, 5) is 2.74. The van der Waals surface area contributed by atoms with Gasteiger partial charge in [0.25, 0.3) is 0 Å². The van der Waals surface area contributed by atoms with Crippen molar-refractivity contribution < 1.29 is 0 Å². The van der Waals surface area contributed by atoms with Crippen molar-refractivity contribution in [3.8, 4) is 0 Å². The van der Waals surface area contributed by atoms with Gasteiger partial charge in [0.1, 0.15) is 0 Å². The molecule has 2 rings (SSSR count). The Morgan fingerprint density at radius 3 is 2.40 bits per heavy atom. The Morgan fingerprint density at radius 1 is 1.20 bits per heavy atom. The molecule has 0 bridgehead atoms. The number of hydrogen-bond acceptors (Lipinski definition) is 2. The first kappa shape index (κ1) is 16.0. The van der Waals surface area contributed by atoms with Gasteiger partial charge in [-0.3, -0.25) is 4.90 Å². The Bertz CT molecular complexity index is 341. The van der Waals surface area contributed by atoms with Crippen molar-refractivity contribution in [2.45, 2.75) is 78.3 Å². The zero-order valence-electron chi connectivity index (χ0n) is 14.3. The van der Waals surface area contributed by atoms with Crippen LogP contribution in [-0.2, 0) is 0 Å². The zero-order chi connectivity index (χ0) is 14.8. The lowest BCUT2D eigenvalue weighted by atomic mass is 9.76. The van der Waals surface area contributed by atoms with Crippen molar-refractivity contribution in [3.05, 3.63) is 11.6 Å². The molecule has 2 nitrogen and oxygen atoms in total. The summed E-state index contributed by atoms with van der Waals surface area (Å²) in [5.74, 6) is 0. The second kappa shape index (κ2) is 6.19. The first-order valence-electron chi connectivity index (χ1n) is 8.45. The predicted molar refractivity (Wildman–Crippen MR) is 88.1 cm³/mol. The topological polar surface area (TPSA) is 15.3 Å². The van der Waals surface area contributed by atoms with Gasteiger partial charge >= 0.3 is 0 Å². The van der Waals surface area contributed by atoms with Gasteiger partial charge in [0.2, 0.25) is 0 Å². The molecule has 0 aromatic carbocycles. The normalized spacial score (nSPS) is 27.6. The lowest BCUT2D eigenvalue weighted by Gasteiger charge is -2.53. The van der Waals surface area contributed by atoms with Crippen LogP contribution in [0.2, 0.25) is 0 Å². The van der Waals surface area contributed by atoms with Gasteiger partial charge in [0, 0.05) is 31.2 Å². The van der Waals surface area contributed by atoms with Crippen molar-refractivity contribution >= 4 is 0 Å². The molecule has 0 radical (unpaired) electrons. The Labute approximate surface area is 126 Å². The van der Waals surface area contributed by atoms with Gasteiger partial charge < -0.3 is 5.32 Å². The Kier molecular flexibility index (Phi) is 4.96. The van der Waals surface area contributed by atoms with Crippen molar-refractivity contribution in [1.82, 2.24) is 10.2 Å². The number of rotatable bonds is 2. The van der Waals surface area contributed by atoms with E-state index in [1.807, 2.05) is 0 Å². The molecule has 1 heterocycles. The maximum Gasteiger partial charge on any atom is 0.0309 e. The van der Waals surface area contributed by atoms with E-state index in [9.17, 15) is 0 Å². The largest absolute Gasteiger partial charge is 0.308 e. The van der Waals surface area contributed by atoms with E-state index in [2.05, 4.69) is 50.9 Å². The van der Waals surface area contributed by atoms with Crippen LogP contribution in [0.25, 0.3) is 0 Å². The fourth-order valence-corrected chi connectivity index (χ4v) is 3.91. The second-order valence-corrected chi connectivity index (χ2v) is 8.31. The van der Waals surface area contributed by atoms with E-state index in [1.54, 1.807) is 0 Å². The fourth-order valence-electron chi connectivity index (χ4n) is 3.91. The molecule has 1 saturated heterocycles. The SMILES string of the molecule is CC(C)=CCN1CC2(CCCCC2)NCC1C(C)(C)C. The highest BCUT2D eigenvalue weighted by molar-refractivity contribution is 5.05. The minimum Gasteiger partial charge on any atom is -0.308 e.